The number of carbonyl (C=O) groups is 1. The quantitative estimate of drug-likeness (QED) is 0.794. The first-order valence-corrected chi connectivity index (χ1v) is 11.9. The third kappa shape index (κ3) is 4.67. The third-order valence-electron chi connectivity index (χ3n) is 5.81. The molecule has 9 heteroatoms. The lowest BCUT2D eigenvalue weighted by Crippen LogP contribution is -2.49. The Morgan fingerprint density at radius 2 is 1.62 bits per heavy atom. The van der Waals surface area contributed by atoms with Gasteiger partial charge in [0.15, 0.2) is 11.5 Å². The lowest BCUT2D eigenvalue weighted by Gasteiger charge is -2.33. The van der Waals surface area contributed by atoms with E-state index in [1.165, 1.54) is 10.7 Å². The Hall–Kier alpha value is -1.84. The summed E-state index contributed by atoms with van der Waals surface area (Å²) in [6, 6.07) is 4.77. The number of rotatable bonds is 4. The Kier molecular flexibility index (Phi) is 6.26. The number of benzene rings is 1. The summed E-state index contributed by atoms with van der Waals surface area (Å²) in [5.74, 6) is 0.917. The average molecular weight is 424 g/mol. The van der Waals surface area contributed by atoms with E-state index in [0.29, 0.717) is 50.6 Å². The fourth-order valence-corrected chi connectivity index (χ4v) is 5.55. The van der Waals surface area contributed by atoms with Crippen molar-refractivity contribution >= 4 is 15.9 Å². The van der Waals surface area contributed by atoms with E-state index in [1.54, 1.807) is 18.2 Å². The molecular weight excluding hydrogens is 394 g/mol. The van der Waals surface area contributed by atoms with Crippen molar-refractivity contribution in [1.29, 1.82) is 0 Å². The van der Waals surface area contributed by atoms with E-state index in [1.807, 2.05) is 5.01 Å². The molecule has 160 valence electrons. The summed E-state index contributed by atoms with van der Waals surface area (Å²) in [7, 11) is -3.63. The van der Waals surface area contributed by atoms with Crippen molar-refractivity contribution in [3.05, 3.63) is 18.2 Å². The van der Waals surface area contributed by atoms with Gasteiger partial charge >= 0.3 is 0 Å². The van der Waals surface area contributed by atoms with Crippen LogP contribution in [0.1, 0.15) is 38.5 Å². The van der Waals surface area contributed by atoms with Gasteiger partial charge < -0.3 is 9.47 Å². The van der Waals surface area contributed by atoms with Crippen LogP contribution >= 0.6 is 0 Å². The minimum atomic E-state index is -3.63. The second-order valence-electron chi connectivity index (χ2n) is 7.86. The number of ether oxygens (including phenoxy) is 2. The van der Waals surface area contributed by atoms with E-state index in [0.717, 1.165) is 32.4 Å². The van der Waals surface area contributed by atoms with Gasteiger partial charge in [-0.1, -0.05) is 6.42 Å². The molecule has 8 nitrogen and oxygen atoms in total. The first-order valence-electron chi connectivity index (χ1n) is 10.5. The van der Waals surface area contributed by atoms with E-state index in [9.17, 15) is 13.2 Å². The molecule has 0 aromatic heterocycles. The summed E-state index contributed by atoms with van der Waals surface area (Å²) in [6.07, 6.45) is 5.25. The van der Waals surface area contributed by atoms with Crippen LogP contribution in [0.15, 0.2) is 23.1 Å². The number of piperidine rings is 2. The largest absolute Gasteiger partial charge is 0.490 e. The van der Waals surface area contributed by atoms with Crippen LogP contribution in [0.2, 0.25) is 0 Å². The van der Waals surface area contributed by atoms with Gasteiger partial charge in [0.05, 0.1) is 18.1 Å². The molecule has 29 heavy (non-hydrogen) atoms. The number of amides is 1. The number of hydrogen-bond donors (Lipinski definition) is 1. The van der Waals surface area contributed by atoms with Crippen LogP contribution in [-0.2, 0) is 14.8 Å². The maximum Gasteiger partial charge on any atom is 0.243 e. The van der Waals surface area contributed by atoms with Gasteiger partial charge in [-0.15, -0.1) is 0 Å². The van der Waals surface area contributed by atoms with Crippen molar-refractivity contribution in [2.24, 2.45) is 5.92 Å². The molecule has 1 aromatic rings. The summed E-state index contributed by atoms with van der Waals surface area (Å²) >= 11 is 0. The average Bonchev–Trinajstić information content (AvgIpc) is 2.99. The molecular formula is C20H29N3O5S. The van der Waals surface area contributed by atoms with E-state index in [2.05, 4.69) is 5.43 Å². The molecule has 0 unspecified atom stereocenters. The topological polar surface area (TPSA) is 88.2 Å². The Balaban J connectivity index is 1.37. The fraction of sp³-hybridized carbons (Fsp3) is 0.650. The van der Waals surface area contributed by atoms with Crippen molar-refractivity contribution in [3.63, 3.8) is 0 Å². The van der Waals surface area contributed by atoms with Gasteiger partial charge in [-0.3, -0.25) is 10.2 Å². The molecule has 3 aliphatic rings. The van der Waals surface area contributed by atoms with Crippen molar-refractivity contribution in [3.8, 4) is 11.5 Å². The number of nitrogens with zero attached hydrogens (tertiary/aromatic N) is 2. The van der Waals surface area contributed by atoms with Gasteiger partial charge in [0.2, 0.25) is 15.9 Å². The van der Waals surface area contributed by atoms with Crippen LogP contribution in [0.25, 0.3) is 0 Å². The number of hydrogen-bond acceptors (Lipinski definition) is 6. The highest BCUT2D eigenvalue weighted by atomic mass is 32.2. The number of carbonyl (C=O) groups excluding carboxylic acids is 1. The highest BCUT2D eigenvalue weighted by Crippen LogP contribution is 2.33. The van der Waals surface area contributed by atoms with Gasteiger partial charge in [-0.05, 0) is 37.8 Å². The number of fused-ring (bicyclic) bond motifs is 1. The lowest BCUT2D eigenvalue weighted by molar-refractivity contribution is -0.131. The smallest absolute Gasteiger partial charge is 0.243 e. The zero-order chi connectivity index (χ0) is 20.3. The van der Waals surface area contributed by atoms with Crippen molar-refractivity contribution < 1.29 is 22.7 Å². The van der Waals surface area contributed by atoms with E-state index < -0.39 is 10.0 Å². The molecule has 4 rings (SSSR count). The molecule has 3 aliphatic heterocycles. The molecule has 3 heterocycles. The van der Waals surface area contributed by atoms with Gasteiger partial charge in [0.1, 0.15) is 0 Å². The summed E-state index contributed by atoms with van der Waals surface area (Å²) < 4.78 is 38.8. The summed E-state index contributed by atoms with van der Waals surface area (Å²) in [5, 5.41) is 1.99. The Labute approximate surface area is 172 Å². The van der Waals surface area contributed by atoms with Crippen LogP contribution in [-0.4, -0.2) is 63.0 Å². The van der Waals surface area contributed by atoms with Crippen molar-refractivity contribution in [1.82, 2.24) is 14.7 Å². The molecule has 1 amide bonds. The molecule has 0 atom stereocenters. The Morgan fingerprint density at radius 3 is 2.34 bits per heavy atom. The number of hydrazine groups is 1. The molecule has 0 saturated carbocycles. The molecule has 2 saturated heterocycles. The van der Waals surface area contributed by atoms with Crippen LogP contribution in [0, 0.1) is 5.92 Å². The highest BCUT2D eigenvalue weighted by Gasteiger charge is 2.33. The van der Waals surface area contributed by atoms with E-state index >= 15 is 0 Å². The zero-order valence-electron chi connectivity index (χ0n) is 16.6. The van der Waals surface area contributed by atoms with Gasteiger partial charge in [0.25, 0.3) is 0 Å². The maximum atomic E-state index is 13.1. The summed E-state index contributed by atoms with van der Waals surface area (Å²) in [4.78, 5) is 12.7. The Bertz CT molecular complexity index is 831. The Morgan fingerprint density at radius 1 is 0.931 bits per heavy atom. The van der Waals surface area contributed by atoms with Crippen molar-refractivity contribution in [2.45, 2.75) is 43.4 Å². The normalized spacial score (nSPS) is 22.1. The monoisotopic (exact) mass is 423 g/mol. The number of sulfonamides is 1. The van der Waals surface area contributed by atoms with Crippen LogP contribution in [0.5, 0.6) is 11.5 Å². The van der Waals surface area contributed by atoms with Gasteiger partial charge in [-0.25, -0.2) is 13.4 Å². The second kappa shape index (κ2) is 8.89. The van der Waals surface area contributed by atoms with Gasteiger partial charge in [-0.2, -0.15) is 4.31 Å². The zero-order valence-corrected chi connectivity index (χ0v) is 17.5. The maximum absolute atomic E-state index is 13.1. The molecule has 2 fully saturated rings. The first kappa shape index (κ1) is 20.4. The molecule has 0 bridgehead atoms. The third-order valence-corrected chi connectivity index (χ3v) is 7.70. The van der Waals surface area contributed by atoms with Gasteiger partial charge in [0, 0.05) is 44.6 Å². The van der Waals surface area contributed by atoms with E-state index in [-0.39, 0.29) is 16.7 Å². The van der Waals surface area contributed by atoms with Crippen LogP contribution in [0.4, 0.5) is 0 Å². The number of nitrogens with one attached hydrogen (secondary N) is 1. The predicted molar refractivity (Wildman–Crippen MR) is 107 cm³/mol. The minimum absolute atomic E-state index is 0.0135. The summed E-state index contributed by atoms with van der Waals surface area (Å²) in [6.45, 7) is 3.54. The fourth-order valence-electron chi connectivity index (χ4n) is 4.06. The predicted octanol–water partition coefficient (Wildman–Crippen LogP) is 1.77. The first-order chi connectivity index (χ1) is 14.0. The SMILES string of the molecule is O=C(NN1CCCCC1)C1CCN(S(=O)(=O)c2ccc3c(c2)OCCCO3)CC1. The second-order valence-corrected chi connectivity index (χ2v) is 9.80. The molecule has 1 aromatic carbocycles. The molecule has 0 aliphatic carbocycles. The summed E-state index contributed by atoms with van der Waals surface area (Å²) in [5.41, 5.74) is 3.01. The van der Waals surface area contributed by atoms with E-state index in [4.69, 9.17) is 9.47 Å². The standard InChI is InChI=1S/C20H29N3O5S/c24-20(21-22-9-2-1-3-10-22)16-7-11-23(12-8-16)29(25,26)17-5-6-18-19(15-17)28-14-4-13-27-18/h5-6,15-16H,1-4,7-14H2,(H,21,24). The molecule has 1 N–H and O–H groups in total. The minimum Gasteiger partial charge on any atom is -0.490 e. The lowest BCUT2D eigenvalue weighted by atomic mass is 9.97. The molecule has 0 radical (unpaired) electrons. The van der Waals surface area contributed by atoms with Crippen molar-refractivity contribution in [2.75, 3.05) is 39.4 Å². The highest BCUT2D eigenvalue weighted by molar-refractivity contribution is 7.89. The van der Waals surface area contributed by atoms with Crippen LogP contribution < -0.4 is 14.9 Å². The van der Waals surface area contributed by atoms with Crippen LogP contribution in [0.3, 0.4) is 0 Å². The molecule has 0 spiro atoms.